The maximum atomic E-state index is 13.6. The van der Waals surface area contributed by atoms with Gasteiger partial charge in [0, 0.05) is 23.2 Å². The number of aryl methyl sites for hydroxylation is 1. The van der Waals surface area contributed by atoms with Crippen LogP contribution in [0, 0.1) is 6.92 Å². The molecule has 0 radical (unpaired) electrons. The molecule has 0 bridgehead atoms. The molecule has 1 N–H and O–H groups in total. The second-order valence-corrected chi connectivity index (χ2v) is 10.6. The number of aromatic nitrogens is 5. The van der Waals surface area contributed by atoms with Gasteiger partial charge in [-0.25, -0.2) is 0 Å². The third-order valence-electron chi connectivity index (χ3n) is 7.88. The molecule has 0 atom stereocenters. The summed E-state index contributed by atoms with van der Waals surface area (Å²) in [5, 5.41) is 14.8. The average Bonchev–Trinajstić information content (AvgIpc) is 3.72. The summed E-state index contributed by atoms with van der Waals surface area (Å²) >= 11 is 0. The molecule has 198 valence electrons. The number of aromatic amines is 1. The first kappa shape index (κ1) is 25.1. The number of carbonyl (C=O) groups is 1. The van der Waals surface area contributed by atoms with Gasteiger partial charge in [0.2, 0.25) is 5.82 Å². The number of hydrogen-bond donors (Lipinski definition) is 1. The van der Waals surface area contributed by atoms with Crippen molar-refractivity contribution in [1.29, 1.82) is 0 Å². The van der Waals surface area contributed by atoms with Crippen LogP contribution in [0.2, 0.25) is 0 Å². The highest BCUT2D eigenvalue weighted by atomic mass is 16.2. The monoisotopic (exact) mass is 519 g/mol. The van der Waals surface area contributed by atoms with Gasteiger partial charge < -0.3 is 0 Å². The summed E-state index contributed by atoms with van der Waals surface area (Å²) in [7, 11) is 0. The molecule has 1 fully saturated rings. The lowest BCUT2D eigenvalue weighted by atomic mass is 9.94. The van der Waals surface area contributed by atoms with Crippen LogP contribution in [0.1, 0.15) is 63.1 Å². The molecule has 2 aliphatic rings. The number of benzene rings is 2. The molecule has 1 saturated carbocycles. The molecule has 1 amide bonds. The van der Waals surface area contributed by atoms with Crippen molar-refractivity contribution in [2.24, 2.45) is 4.99 Å². The van der Waals surface area contributed by atoms with Crippen molar-refractivity contribution in [3.05, 3.63) is 71.9 Å². The SMILES string of the molecule is CCCCC1=NC2(CCCC2)C(=O)N1Cc1ccc(-c2cc(-c3cccc(C)n3)ccc2-c2nn[nH]n2)cc1. The molecule has 1 aliphatic heterocycles. The minimum atomic E-state index is -0.507. The highest BCUT2D eigenvalue weighted by Gasteiger charge is 2.49. The van der Waals surface area contributed by atoms with E-state index in [9.17, 15) is 4.79 Å². The molecule has 1 spiro atoms. The molecule has 39 heavy (non-hydrogen) atoms. The van der Waals surface area contributed by atoms with E-state index >= 15 is 0 Å². The van der Waals surface area contributed by atoms with E-state index in [1.165, 1.54) is 0 Å². The number of amides is 1. The Labute approximate surface area is 228 Å². The number of unbranched alkanes of at least 4 members (excludes halogenated alkanes) is 1. The van der Waals surface area contributed by atoms with E-state index in [1.54, 1.807) is 0 Å². The summed E-state index contributed by atoms with van der Waals surface area (Å²) in [6.07, 6.45) is 6.91. The second-order valence-electron chi connectivity index (χ2n) is 10.6. The lowest BCUT2D eigenvalue weighted by Crippen LogP contribution is -2.40. The second kappa shape index (κ2) is 10.5. The van der Waals surface area contributed by atoms with Crippen LogP contribution in [0.5, 0.6) is 0 Å². The van der Waals surface area contributed by atoms with Gasteiger partial charge in [0.1, 0.15) is 11.4 Å². The molecule has 3 heterocycles. The molecular weight excluding hydrogens is 486 g/mol. The van der Waals surface area contributed by atoms with E-state index in [1.807, 2.05) is 42.2 Å². The Bertz CT molecular complexity index is 1500. The van der Waals surface area contributed by atoms with Crippen molar-refractivity contribution in [3.8, 4) is 33.8 Å². The zero-order valence-electron chi connectivity index (χ0n) is 22.5. The molecule has 4 aromatic rings. The third-order valence-corrected chi connectivity index (χ3v) is 7.88. The molecule has 1 aliphatic carbocycles. The molecule has 8 heteroatoms. The molecule has 0 unspecified atom stereocenters. The Morgan fingerprint density at radius 1 is 0.974 bits per heavy atom. The zero-order valence-corrected chi connectivity index (χ0v) is 22.5. The number of tetrazole rings is 1. The Kier molecular flexibility index (Phi) is 6.77. The number of carbonyl (C=O) groups excluding carboxylic acids is 1. The minimum Gasteiger partial charge on any atom is -0.294 e. The Morgan fingerprint density at radius 2 is 1.77 bits per heavy atom. The van der Waals surface area contributed by atoms with Crippen LogP contribution in [-0.2, 0) is 11.3 Å². The topological polar surface area (TPSA) is 100 Å². The number of pyridine rings is 1. The number of H-pyrrole nitrogens is 1. The first-order valence-corrected chi connectivity index (χ1v) is 13.9. The van der Waals surface area contributed by atoms with Crippen molar-refractivity contribution in [2.75, 3.05) is 0 Å². The first-order valence-electron chi connectivity index (χ1n) is 13.9. The van der Waals surface area contributed by atoms with Crippen LogP contribution in [0.15, 0.2) is 65.7 Å². The van der Waals surface area contributed by atoms with Crippen LogP contribution < -0.4 is 0 Å². The smallest absolute Gasteiger partial charge is 0.256 e. The quantitative estimate of drug-likeness (QED) is 0.301. The maximum absolute atomic E-state index is 13.6. The maximum Gasteiger partial charge on any atom is 0.256 e. The largest absolute Gasteiger partial charge is 0.294 e. The van der Waals surface area contributed by atoms with Gasteiger partial charge in [-0.15, -0.1) is 10.2 Å². The highest BCUT2D eigenvalue weighted by Crippen LogP contribution is 2.40. The normalized spacial score (nSPS) is 16.3. The van der Waals surface area contributed by atoms with Crippen molar-refractivity contribution < 1.29 is 4.79 Å². The van der Waals surface area contributed by atoms with Gasteiger partial charge in [-0.2, -0.15) is 5.21 Å². The van der Waals surface area contributed by atoms with Gasteiger partial charge in [-0.1, -0.05) is 62.6 Å². The summed E-state index contributed by atoms with van der Waals surface area (Å²) in [5.74, 6) is 1.69. The highest BCUT2D eigenvalue weighted by molar-refractivity contribution is 6.08. The van der Waals surface area contributed by atoms with Gasteiger partial charge in [-0.05, 0) is 72.4 Å². The van der Waals surface area contributed by atoms with E-state index in [4.69, 9.17) is 9.98 Å². The van der Waals surface area contributed by atoms with E-state index in [2.05, 4.69) is 57.9 Å². The van der Waals surface area contributed by atoms with E-state index in [0.717, 1.165) is 90.0 Å². The average molecular weight is 520 g/mol. The van der Waals surface area contributed by atoms with E-state index < -0.39 is 5.54 Å². The number of aliphatic imine (C=N–C) groups is 1. The van der Waals surface area contributed by atoms with E-state index in [0.29, 0.717) is 12.4 Å². The summed E-state index contributed by atoms with van der Waals surface area (Å²) in [5.41, 5.74) is 6.41. The van der Waals surface area contributed by atoms with Crippen molar-refractivity contribution >= 4 is 11.7 Å². The molecule has 0 saturated heterocycles. The molecule has 8 nitrogen and oxygen atoms in total. The fourth-order valence-corrected chi connectivity index (χ4v) is 5.79. The fourth-order valence-electron chi connectivity index (χ4n) is 5.79. The predicted octanol–water partition coefficient (Wildman–Crippen LogP) is 6.15. The number of nitrogens with zero attached hydrogens (tertiary/aromatic N) is 6. The molecular formula is C31H33N7O. The lowest BCUT2D eigenvalue weighted by Gasteiger charge is -2.23. The van der Waals surface area contributed by atoms with Gasteiger partial charge in [0.15, 0.2) is 0 Å². The van der Waals surface area contributed by atoms with Crippen molar-refractivity contribution in [3.63, 3.8) is 0 Å². The van der Waals surface area contributed by atoms with E-state index in [-0.39, 0.29) is 5.91 Å². The van der Waals surface area contributed by atoms with Crippen LogP contribution >= 0.6 is 0 Å². The van der Waals surface area contributed by atoms with Crippen molar-refractivity contribution in [2.45, 2.75) is 70.9 Å². The summed E-state index contributed by atoms with van der Waals surface area (Å²) in [6.45, 7) is 4.72. The number of amidine groups is 1. The van der Waals surface area contributed by atoms with Gasteiger partial charge in [-0.3, -0.25) is 19.7 Å². The number of hydrogen-bond acceptors (Lipinski definition) is 6. The number of rotatable bonds is 8. The lowest BCUT2D eigenvalue weighted by molar-refractivity contribution is -0.131. The molecule has 2 aromatic heterocycles. The Hall–Kier alpha value is -4.20. The van der Waals surface area contributed by atoms with Crippen LogP contribution in [0.4, 0.5) is 0 Å². The third kappa shape index (κ3) is 4.87. The number of nitrogens with one attached hydrogen (secondary N) is 1. The van der Waals surface area contributed by atoms with Gasteiger partial charge >= 0.3 is 0 Å². The standard InChI is InChI=1S/C31H33N7O/c1-3-4-10-28-33-31(17-5-6-18-31)30(39)38(28)20-22-11-13-23(14-12-22)26-19-24(27-9-7-8-21(2)32-27)15-16-25(26)29-34-36-37-35-29/h7-9,11-16,19H,3-6,10,17-18,20H2,1-2H3,(H,34,35,36,37). The predicted molar refractivity (Wildman–Crippen MR) is 152 cm³/mol. The Morgan fingerprint density at radius 3 is 2.49 bits per heavy atom. The van der Waals surface area contributed by atoms with Gasteiger partial charge in [0.05, 0.1) is 12.2 Å². The molecule has 6 rings (SSSR count). The fraction of sp³-hybridized carbons (Fsp3) is 0.355. The van der Waals surface area contributed by atoms with Crippen LogP contribution in [-0.4, -0.2) is 47.8 Å². The van der Waals surface area contributed by atoms with Crippen molar-refractivity contribution in [1.82, 2.24) is 30.5 Å². The first-order chi connectivity index (χ1) is 19.1. The molecule has 2 aromatic carbocycles. The summed E-state index contributed by atoms with van der Waals surface area (Å²) < 4.78 is 0. The summed E-state index contributed by atoms with van der Waals surface area (Å²) in [6, 6.07) is 20.7. The zero-order chi connectivity index (χ0) is 26.8. The summed E-state index contributed by atoms with van der Waals surface area (Å²) in [4.78, 5) is 25.2. The van der Waals surface area contributed by atoms with Gasteiger partial charge in [0.25, 0.3) is 5.91 Å². The van der Waals surface area contributed by atoms with Crippen LogP contribution in [0.3, 0.4) is 0 Å². The van der Waals surface area contributed by atoms with Crippen LogP contribution in [0.25, 0.3) is 33.8 Å². The Balaban J connectivity index is 1.31. The minimum absolute atomic E-state index is 0.188.